The van der Waals surface area contributed by atoms with Gasteiger partial charge in [-0.3, -0.25) is 4.79 Å². The molecule has 0 fully saturated rings. The van der Waals surface area contributed by atoms with Crippen molar-refractivity contribution in [3.63, 3.8) is 0 Å². The third-order valence-electron chi connectivity index (χ3n) is 5.38. The van der Waals surface area contributed by atoms with Crippen LogP contribution in [0.4, 0.5) is 0 Å². The number of benzene rings is 3. The summed E-state index contributed by atoms with van der Waals surface area (Å²) in [6, 6.07) is 23.4. The molecule has 180 valence electrons. The number of methoxy groups -OCH3 is 1. The first kappa shape index (κ1) is 25.7. The summed E-state index contributed by atoms with van der Waals surface area (Å²) >= 11 is 6.09. The van der Waals surface area contributed by atoms with Crippen LogP contribution in [-0.4, -0.2) is 38.3 Å². The highest BCUT2D eigenvalue weighted by Crippen LogP contribution is 2.30. The number of hydrogen-bond donors (Lipinski definition) is 1. The molecule has 0 aliphatic carbocycles. The van der Waals surface area contributed by atoms with E-state index in [1.54, 1.807) is 6.07 Å². The lowest BCUT2D eigenvalue weighted by molar-refractivity contribution is -0.122. The molecule has 0 unspecified atom stereocenters. The van der Waals surface area contributed by atoms with Crippen LogP contribution < -0.4 is 10.1 Å². The summed E-state index contributed by atoms with van der Waals surface area (Å²) in [5.41, 5.74) is 1.95. The Hall–Kier alpha value is -2.87. The molecule has 1 amide bonds. The number of sulfonamides is 1. The molecule has 3 rings (SSSR count). The fourth-order valence-electron chi connectivity index (χ4n) is 3.58. The molecule has 0 spiro atoms. The normalized spacial score (nSPS) is 12.4. The minimum absolute atomic E-state index is 0.0324. The van der Waals surface area contributed by atoms with Gasteiger partial charge in [0.2, 0.25) is 15.9 Å². The summed E-state index contributed by atoms with van der Waals surface area (Å²) in [6.45, 7) is 1.62. The number of halogens is 1. The van der Waals surface area contributed by atoms with Gasteiger partial charge in [-0.1, -0.05) is 72.3 Å². The van der Waals surface area contributed by atoms with E-state index in [9.17, 15) is 13.2 Å². The Morgan fingerprint density at radius 3 is 2.24 bits per heavy atom. The highest BCUT2D eigenvalue weighted by molar-refractivity contribution is 7.89. The Balaban J connectivity index is 1.78. The zero-order valence-electron chi connectivity index (χ0n) is 19.3. The van der Waals surface area contributed by atoms with Gasteiger partial charge < -0.3 is 10.1 Å². The van der Waals surface area contributed by atoms with Crippen molar-refractivity contribution in [2.75, 3.05) is 13.7 Å². The second-order valence-corrected chi connectivity index (χ2v) is 10.4. The molecule has 1 N–H and O–H groups in total. The van der Waals surface area contributed by atoms with E-state index in [2.05, 4.69) is 5.32 Å². The Morgan fingerprint density at radius 2 is 1.62 bits per heavy atom. The lowest BCUT2D eigenvalue weighted by Crippen LogP contribution is -2.43. The average Bonchev–Trinajstić information content (AvgIpc) is 2.83. The van der Waals surface area contributed by atoms with Crippen LogP contribution in [0.1, 0.15) is 24.5 Å². The number of rotatable bonds is 11. The van der Waals surface area contributed by atoms with Crippen LogP contribution in [-0.2, 0) is 27.8 Å². The number of amides is 1. The van der Waals surface area contributed by atoms with E-state index in [-0.39, 0.29) is 40.7 Å². The van der Waals surface area contributed by atoms with Crippen molar-refractivity contribution in [3.05, 3.63) is 95.0 Å². The van der Waals surface area contributed by atoms with Gasteiger partial charge in [-0.25, -0.2) is 8.42 Å². The van der Waals surface area contributed by atoms with Gasteiger partial charge in [0.25, 0.3) is 0 Å². The first-order valence-corrected chi connectivity index (χ1v) is 12.8. The highest BCUT2D eigenvalue weighted by Gasteiger charge is 2.30. The first-order valence-electron chi connectivity index (χ1n) is 11.0. The van der Waals surface area contributed by atoms with Crippen molar-refractivity contribution in [3.8, 4) is 5.75 Å². The van der Waals surface area contributed by atoms with E-state index in [1.807, 2.05) is 67.6 Å². The van der Waals surface area contributed by atoms with Crippen LogP contribution in [0.25, 0.3) is 0 Å². The number of aryl methyl sites for hydroxylation is 1. The van der Waals surface area contributed by atoms with Gasteiger partial charge in [-0.05, 0) is 49.1 Å². The van der Waals surface area contributed by atoms with E-state index < -0.39 is 10.0 Å². The van der Waals surface area contributed by atoms with E-state index in [1.165, 1.54) is 24.8 Å². The number of nitrogens with zero attached hydrogens (tertiary/aromatic N) is 1. The largest absolute Gasteiger partial charge is 0.495 e. The van der Waals surface area contributed by atoms with E-state index >= 15 is 0 Å². The molecule has 0 aliphatic heterocycles. The summed E-state index contributed by atoms with van der Waals surface area (Å²) in [6.07, 6.45) is 1.55. The molecule has 6 nitrogen and oxygen atoms in total. The second kappa shape index (κ2) is 12.0. The van der Waals surface area contributed by atoms with Crippen LogP contribution in [0, 0.1) is 0 Å². The van der Waals surface area contributed by atoms with Gasteiger partial charge in [-0.15, -0.1) is 0 Å². The van der Waals surface area contributed by atoms with Gasteiger partial charge in [0.05, 0.1) is 13.7 Å². The van der Waals surface area contributed by atoms with E-state index in [0.29, 0.717) is 0 Å². The van der Waals surface area contributed by atoms with Gasteiger partial charge in [-0.2, -0.15) is 4.31 Å². The van der Waals surface area contributed by atoms with E-state index in [4.69, 9.17) is 16.3 Å². The predicted octanol–water partition coefficient (Wildman–Crippen LogP) is 4.68. The average molecular weight is 501 g/mol. The molecule has 3 aromatic carbocycles. The van der Waals surface area contributed by atoms with Crippen molar-refractivity contribution < 1.29 is 17.9 Å². The Kier molecular flexibility index (Phi) is 9.10. The van der Waals surface area contributed by atoms with Crippen LogP contribution in [0.3, 0.4) is 0 Å². The number of ether oxygens (including phenoxy) is 1. The number of nitrogens with one attached hydrogen (secondary N) is 1. The molecule has 0 saturated heterocycles. The van der Waals surface area contributed by atoms with Gasteiger partial charge >= 0.3 is 0 Å². The lowest BCUT2D eigenvalue weighted by atomic mass is 10.1. The quantitative estimate of drug-likeness (QED) is 0.415. The highest BCUT2D eigenvalue weighted by atomic mass is 35.5. The maximum Gasteiger partial charge on any atom is 0.247 e. The summed E-state index contributed by atoms with van der Waals surface area (Å²) in [7, 11) is -2.69. The number of carbonyl (C=O) groups is 1. The summed E-state index contributed by atoms with van der Waals surface area (Å²) in [5.74, 6) is -0.208. The standard InChI is InChI=1S/C26H29ClN2O4S/c1-20(13-14-21-9-5-3-6-10-21)28-26(30)19-29(18-22-11-7-4-8-12-22)34(31,32)25-17-23(27)15-16-24(25)33-2/h3-12,15-17,20H,13-14,18-19H2,1-2H3,(H,28,30)/t20-/m0/s1. The molecule has 8 heteroatoms. The van der Waals surface area contributed by atoms with Crippen LogP contribution in [0.2, 0.25) is 5.02 Å². The van der Waals surface area contributed by atoms with Crippen molar-refractivity contribution in [2.24, 2.45) is 0 Å². The van der Waals surface area contributed by atoms with Crippen LogP contribution in [0.15, 0.2) is 83.8 Å². The number of hydrogen-bond acceptors (Lipinski definition) is 4. The van der Waals surface area contributed by atoms with Crippen molar-refractivity contribution in [1.29, 1.82) is 0 Å². The maximum absolute atomic E-state index is 13.6. The van der Waals surface area contributed by atoms with Crippen molar-refractivity contribution in [2.45, 2.75) is 37.2 Å². The zero-order valence-corrected chi connectivity index (χ0v) is 20.9. The van der Waals surface area contributed by atoms with Gasteiger partial charge in [0.1, 0.15) is 10.6 Å². The summed E-state index contributed by atoms with van der Waals surface area (Å²) in [5, 5.41) is 3.19. The second-order valence-electron chi connectivity index (χ2n) is 8.05. The minimum Gasteiger partial charge on any atom is -0.495 e. The number of carbonyl (C=O) groups excluding carboxylic acids is 1. The predicted molar refractivity (Wildman–Crippen MR) is 134 cm³/mol. The molecular formula is C26H29ClN2O4S. The minimum atomic E-state index is -4.09. The fourth-order valence-corrected chi connectivity index (χ4v) is 5.39. The molecule has 0 bridgehead atoms. The Labute approximate surface area is 206 Å². The summed E-state index contributed by atoms with van der Waals surface area (Å²) in [4.78, 5) is 12.8. The summed E-state index contributed by atoms with van der Waals surface area (Å²) < 4.78 is 33.6. The van der Waals surface area contributed by atoms with Gasteiger partial charge in [0, 0.05) is 17.6 Å². The SMILES string of the molecule is COc1ccc(Cl)cc1S(=O)(=O)N(CC(=O)N[C@@H](C)CCc1ccccc1)Cc1ccccc1. The molecule has 1 atom stereocenters. The van der Waals surface area contributed by atoms with Crippen molar-refractivity contribution >= 4 is 27.5 Å². The molecule has 3 aromatic rings. The zero-order chi connectivity index (χ0) is 24.6. The van der Waals surface area contributed by atoms with Crippen LogP contribution in [0.5, 0.6) is 5.75 Å². The Morgan fingerprint density at radius 1 is 1.00 bits per heavy atom. The molecular weight excluding hydrogens is 472 g/mol. The maximum atomic E-state index is 13.6. The fraction of sp³-hybridized carbons (Fsp3) is 0.269. The Bertz CT molecular complexity index is 1190. The third kappa shape index (κ3) is 7.06. The molecule has 0 radical (unpaired) electrons. The third-order valence-corrected chi connectivity index (χ3v) is 7.43. The molecule has 34 heavy (non-hydrogen) atoms. The van der Waals surface area contributed by atoms with Gasteiger partial charge in [0.15, 0.2) is 0 Å². The van der Waals surface area contributed by atoms with Crippen LogP contribution >= 0.6 is 11.6 Å². The smallest absolute Gasteiger partial charge is 0.247 e. The topological polar surface area (TPSA) is 75.7 Å². The molecule has 0 aromatic heterocycles. The lowest BCUT2D eigenvalue weighted by Gasteiger charge is -2.24. The van der Waals surface area contributed by atoms with Crippen molar-refractivity contribution in [1.82, 2.24) is 9.62 Å². The molecule has 0 saturated carbocycles. The molecule has 0 aliphatic rings. The molecule has 0 heterocycles. The monoisotopic (exact) mass is 500 g/mol. The van der Waals surface area contributed by atoms with E-state index in [0.717, 1.165) is 22.7 Å². The first-order chi connectivity index (χ1) is 16.3.